The average molecular weight is 357 g/mol. The molecule has 4 aromatic rings. The topological polar surface area (TPSA) is 82.7 Å². The Kier molecular flexibility index (Phi) is 4.11. The van der Waals surface area contributed by atoms with Crippen LogP contribution in [-0.4, -0.2) is 9.97 Å². The molecule has 0 radical (unpaired) electrons. The Morgan fingerprint density at radius 3 is 2.81 bits per heavy atom. The predicted octanol–water partition coefficient (Wildman–Crippen LogP) is 4.39. The van der Waals surface area contributed by atoms with E-state index in [2.05, 4.69) is 9.97 Å². The van der Waals surface area contributed by atoms with Crippen molar-refractivity contribution in [3.63, 3.8) is 0 Å². The lowest BCUT2D eigenvalue weighted by molar-refractivity contribution is 0.570. The number of nitriles is 1. The number of H-pyrrole nitrogens is 1. The Balaban J connectivity index is 1.75. The number of allylic oxidation sites excluding steroid dienone is 1. The summed E-state index contributed by atoms with van der Waals surface area (Å²) in [5.74, 6) is 0.654. The van der Waals surface area contributed by atoms with E-state index in [1.165, 1.54) is 18.2 Å². The molecule has 0 bridgehead atoms. The molecule has 0 spiro atoms. The highest BCUT2D eigenvalue weighted by Gasteiger charge is 2.10. The van der Waals surface area contributed by atoms with E-state index in [9.17, 15) is 14.4 Å². The summed E-state index contributed by atoms with van der Waals surface area (Å²) in [7, 11) is 0. The number of hydrogen-bond donors (Lipinski definition) is 1. The van der Waals surface area contributed by atoms with Crippen molar-refractivity contribution in [3.8, 4) is 17.4 Å². The molecule has 0 aliphatic heterocycles. The van der Waals surface area contributed by atoms with Crippen molar-refractivity contribution in [2.24, 2.45) is 0 Å². The number of aromatic nitrogens is 2. The van der Waals surface area contributed by atoms with Crippen molar-refractivity contribution in [1.82, 2.24) is 9.97 Å². The molecule has 4 rings (SSSR count). The highest BCUT2D eigenvalue weighted by molar-refractivity contribution is 5.88. The maximum absolute atomic E-state index is 13.4. The average Bonchev–Trinajstić information content (AvgIpc) is 3.15. The lowest BCUT2D eigenvalue weighted by Crippen LogP contribution is -2.11. The number of nitrogens with zero attached hydrogens (tertiary/aromatic N) is 2. The van der Waals surface area contributed by atoms with Crippen LogP contribution in [0.25, 0.3) is 33.9 Å². The monoisotopic (exact) mass is 357 g/mol. The molecule has 2 heterocycles. The van der Waals surface area contributed by atoms with Crippen molar-refractivity contribution in [2.75, 3.05) is 0 Å². The minimum Gasteiger partial charge on any atom is -0.457 e. The molecule has 0 saturated heterocycles. The molecule has 5 nitrogen and oxygen atoms in total. The van der Waals surface area contributed by atoms with E-state index in [-0.39, 0.29) is 22.8 Å². The molecule has 0 atom stereocenters. The van der Waals surface area contributed by atoms with Crippen LogP contribution in [0.3, 0.4) is 0 Å². The maximum atomic E-state index is 13.4. The summed E-state index contributed by atoms with van der Waals surface area (Å²) < 4.78 is 19.1. The summed E-state index contributed by atoms with van der Waals surface area (Å²) in [5.41, 5.74) is 0.914. The van der Waals surface area contributed by atoms with Gasteiger partial charge in [-0.3, -0.25) is 4.79 Å². The van der Waals surface area contributed by atoms with Crippen LogP contribution < -0.4 is 5.56 Å². The lowest BCUT2D eigenvalue weighted by atomic mass is 10.2. The predicted molar refractivity (Wildman–Crippen MR) is 99.9 cm³/mol. The summed E-state index contributed by atoms with van der Waals surface area (Å²) in [5, 5.41) is 9.94. The Morgan fingerprint density at radius 2 is 2.00 bits per heavy atom. The number of benzene rings is 2. The van der Waals surface area contributed by atoms with Crippen molar-refractivity contribution < 1.29 is 8.81 Å². The molecule has 1 N–H and O–H groups in total. The van der Waals surface area contributed by atoms with Crippen molar-refractivity contribution in [3.05, 3.63) is 88.4 Å². The number of halogens is 1. The zero-order chi connectivity index (χ0) is 18.8. The second-order valence-electron chi connectivity index (χ2n) is 5.81. The fraction of sp³-hybridized carbons (Fsp3) is 0. The van der Waals surface area contributed by atoms with E-state index in [0.29, 0.717) is 28.0 Å². The standard InChI is InChI=1S/C21H12FN3O2/c22-15-5-3-4-13(10-15)19-9-8-16(27-19)11-14(12-23)20-24-18-7-2-1-6-17(18)21(26)25-20/h1-11H,(H,24,25,26). The second-order valence-corrected chi connectivity index (χ2v) is 5.81. The van der Waals surface area contributed by atoms with Gasteiger partial charge >= 0.3 is 0 Å². The molecule has 0 saturated carbocycles. The number of nitrogens with one attached hydrogen (secondary N) is 1. The molecule has 0 aliphatic carbocycles. The van der Waals surface area contributed by atoms with Gasteiger partial charge in [0.1, 0.15) is 23.4 Å². The summed E-state index contributed by atoms with van der Waals surface area (Å²) >= 11 is 0. The van der Waals surface area contributed by atoms with Crippen LogP contribution in [0.5, 0.6) is 0 Å². The fourth-order valence-corrected chi connectivity index (χ4v) is 2.74. The molecule has 0 unspecified atom stereocenters. The summed E-state index contributed by atoms with van der Waals surface area (Å²) in [6.45, 7) is 0. The van der Waals surface area contributed by atoms with Crippen LogP contribution in [0.1, 0.15) is 11.6 Å². The Labute approximate surface area is 153 Å². The minimum absolute atomic E-state index is 0.151. The van der Waals surface area contributed by atoms with E-state index >= 15 is 0 Å². The molecule has 6 heteroatoms. The zero-order valence-corrected chi connectivity index (χ0v) is 13.9. The smallest absolute Gasteiger partial charge is 0.259 e. The third kappa shape index (κ3) is 3.26. The molecule has 0 fully saturated rings. The largest absolute Gasteiger partial charge is 0.457 e. The van der Waals surface area contributed by atoms with Gasteiger partial charge in [-0.1, -0.05) is 24.3 Å². The van der Waals surface area contributed by atoms with Gasteiger partial charge in [0.05, 0.1) is 16.5 Å². The summed E-state index contributed by atoms with van der Waals surface area (Å²) in [6.07, 6.45) is 1.48. The maximum Gasteiger partial charge on any atom is 0.259 e. The fourth-order valence-electron chi connectivity index (χ4n) is 2.74. The third-order valence-corrected chi connectivity index (χ3v) is 4.01. The van der Waals surface area contributed by atoms with Crippen molar-refractivity contribution in [2.45, 2.75) is 0 Å². The number of rotatable bonds is 3. The van der Waals surface area contributed by atoms with E-state index < -0.39 is 0 Å². The first-order valence-corrected chi connectivity index (χ1v) is 8.11. The first kappa shape index (κ1) is 16.5. The van der Waals surface area contributed by atoms with Gasteiger partial charge in [0.2, 0.25) is 0 Å². The lowest BCUT2D eigenvalue weighted by Gasteiger charge is -2.01. The SMILES string of the molecule is N#CC(=Cc1ccc(-c2cccc(F)c2)o1)c1nc2ccccc2c(=O)[nH]1. The Bertz CT molecular complexity index is 1280. The highest BCUT2D eigenvalue weighted by Crippen LogP contribution is 2.25. The number of furan rings is 1. The molecule has 2 aromatic heterocycles. The first-order chi connectivity index (χ1) is 13.1. The normalized spacial score (nSPS) is 11.5. The van der Waals surface area contributed by atoms with Crippen molar-refractivity contribution in [1.29, 1.82) is 5.26 Å². The first-order valence-electron chi connectivity index (χ1n) is 8.11. The number of fused-ring (bicyclic) bond motifs is 1. The van der Waals surface area contributed by atoms with Crippen LogP contribution >= 0.6 is 0 Å². The van der Waals surface area contributed by atoms with E-state index in [0.717, 1.165) is 0 Å². The molecule has 27 heavy (non-hydrogen) atoms. The van der Waals surface area contributed by atoms with Gasteiger partial charge in [-0.15, -0.1) is 0 Å². The van der Waals surface area contributed by atoms with Gasteiger partial charge in [-0.05, 0) is 36.4 Å². The molecular weight excluding hydrogens is 345 g/mol. The van der Waals surface area contributed by atoms with E-state index in [1.807, 2.05) is 6.07 Å². The summed E-state index contributed by atoms with van der Waals surface area (Å²) in [6, 6.07) is 18.3. The van der Waals surface area contributed by atoms with Gasteiger partial charge < -0.3 is 9.40 Å². The van der Waals surface area contributed by atoms with Gasteiger partial charge in [0.25, 0.3) is 5.56 Å². The quantitative estimate of drug-likeness (QED) is 0.551. The number of para-hydroxylation sites is 1. The number of hydrogen-bond acceptors (Lipinski definition) is 4. The minimum atomic E-state index is -0.364. The third-order valence-electron chi connectivity index (χ3n) is 4.01. The Hall–Kier alpha value is -3.98. The molecular formula is C21H12FN3O2. The van der Waals surface area contributed by atoms with Gasteiger partial charge in [-0.2, -0.15) is 5.26 Å². The molecule has 130 valence electrons. The van der Waals surface area contributed by atoms with E-state index in [1.54, 1.807) is 48.5 Å². The number of aromatic amines is 1. The second kappa shape index (κ2) is 6.73. The van der Waals surface area contributed by atoms with Crippen LogP contribution in [0.4, 0.5) is 4.39 Å². The van der Waals surface area contributed by atoms with Crippen LogP contribution in [-0.2, 0) is 0 Å². The van der Waals surface area contributed by atoms with Gasteiger partial charge in [0, 0.05) is 11.6 Å². The Morgan fingerprint density at radius 1 is 1.15 bits per heavy atom. The molecule has 0 amide bonds. The van der Waals surface area contributed by atoms with Gasteiger partial charge in [0.15, 0.2) is 5.82 Å². The van der Waals surface area contributed by atoms with Crippen LogP contribution in [0.15, 0.2) is 69.9 Å². The zero-order valence-electron chi connectivity index (χ0n) is 13.9. The van der Waals surface area contributed by atoms with Crippen LogP contribution in [0.2, 0.25) is 0 Å². The van der Waals surface area contributed by atoms with Crippen molar-refractivity contribution >= 4 is 22.6 Å². The highest BCUT2D eigenvalue weighted by atomic mass is 19.1. The van der Waals surface area contributed by atoms with E-state index in [4.69, 9.17) is 4.42 Å². The summed E-state index contributed by atoms with van der Waals surface area (Å²) in [4.78, 5) is 19.2. The molecule has 0 aliphatic rings. The van der Waals surface area contributed by atoms with Gasteiger partial charge in [-0.25, -0.2) is 9.37 Å². The molecule has 2 aromatic carbocycles. The van der Waals surface area contributed by atoms with Crippen LogP contribution in [0, 0.1) is 17.1 Å².